The Kier molecular flexibility index (Phi) is 5.27. The third kappa shape index (κ3) is 9.74. The molecule has 0 nitrogen and oxygen atoms in total. The summed E-state index contributed by atoms with van der Waals surface area (Å²) in [6, 6.07) is 0. The zero-order chi connectivity index (χ0) is 8.74. The number of hydrogen-bond donors (Lipinski definition) is 0. The number of unbranched alkanes of at least 4 members (excludes halogenated alkanes) is 2. The molecule has 0 rings (SSSR count). The highest BCUT2D eigenvalue weighted by atomic mass is 14.1. The maximum atomic E-state index is 2.32. The average Bonchev–Trinajstić information content (AvgIpc) is 1.85. The molecule has 0 bridgehead atoms. The molecule has 0 fully saturated rings. The van der Waals surface area contributed by atoms with Crippen molar-refractivity contribution in [1.82, 2.24) is 0 Å². The van der Waals surface area contributed by atoms with E-state index in [9.17, 15) is 0 Å². The van der Waals surface area contributed by atoms with Crippen LogP contribution in [0.3, 0.4) is 0 Å². The highest BCUT2D eigenvalue weighted by molar-refractivity contribution is 4.85. The Bertz CT molecular complexity index is 104. The number of rotatable bonds is 4. The first kappa shape index (κ1) is 10.7. The van der Waals surface area contributed by atoms with Crippen molar-refractivity contribution >= 4 is 0 Å². The molecule has 0 aromatic rings. The van der Waals surface area contributed by atoms with Crippen molar-refractivity contribution in [3.05, 3.63) is 12.2 Å². The van der Waals surface area contributed by atoms with Gasteiger partial charge in [0.05, 0.1) is 0 Å². The summed E-state index contributed by atoms with van der Waals surface area (Å²) in [5, 5.41) is 0. The van der Waals surface area contributed by atoms with Crippen LogP contribution >= 0.6 is 0 Å². The van der Waals surface area contributed by atoms with Gasteiger partial charge in [-0.05, 0) is 18.3 Å². The molecule has 0 saturated heterocycles. The molecule has 0 aliphatic heterocycles. The monoisotopic (exact) mass is 154 g/mol. The summed E-state index contributed by atoms with van der Waals surface area (Å²) in [6.45, 7) is 9.06. The van der Waals surface area contributed by atoms with E-state index in [1.807, 2.05) is 0 Å². The van der Waals surface area contributed by atoms with Crippen LogP contribution in [-0.2, 0) is 0 Å². The third-order valence-electron chi connectivity index (χ3n) is 1.62. The van der Waals surface area contributed by atoms with Gasteiger partial charge in [-0.25, -0.2) is 0 Å². The lowest BCUT2D eigenvalue weighted by Gasteiger charge is -2.14. The molecule has 0 atom stereocenters. The minimum atomic E-state index is 0.461. The molecule has 66 valence electrons. The van der Waals surface area contributed by atoms with Gasteiger partial charge in [-0.2, -0.15) is 0 Å². The summed E-state index contributed by atoms with van der Waals surface area (Å²) < 4.78 is 0. The van der Waals surface area contributed by atoms with Crippen molar-refractivity contribution in [2.24, 2.45) is 5.41 Å². The Balaban J connectivity index is 3.30. The van der Waals surface area contributed by atoms with E-state index in [1.54, 1.807) is 0 Å². The van der Waals surface area contributed by atoms with E-state index in [-0.39, 0.29) is 0 Å². The summed E-state index contributed by atoms with van der Waals surface area (Å²) in [5.41, 5.74) is 0.461. The normalized spacial score (nSPS) is 12.7. The molecule has 0 aromatic carbocycles. The predicted molar refractivity (Wildman–Crippen MR) is 52.7 cm³/mol. The van der Waals surface area contributed by atoms with Crippen molar-refractivity contribution in [3.63, 3.8) is 0 Å². The summed E-state index contributed by atoms with van der Waals surface area (Å²) in [5.74, 6) is 0. The van der Waals surface area contributed by atoms with Gasteiger partial charge in [-0.3, -0.25) is 0 Å². The van der Waals surface area contributed by atoms with Crippen LogP contribution in [-0.4, -0.2) is 0 Å². The molecule has 0 aliphatic carbocycles. The Morgan fingerprint density at radius 1 is 1.09 bits per heavy atom. The Morgan fingerprint density at radius 2 is 1.73 bits per heavy atom. The fourth-order valence-electron chi connectivity index (χ4n) is 0.877. The third-order valence-corrected chi connectivity index (χ3v) is 1.62. The van der Waals surface area contributed by atoms with Crippen LogP contribution in [0.5, 0.6) is 0 Å². The lowest BCUT2D eigenvalue weighted by Crippen LogP contribution is -2.01. The van der Waals surface area contributed by atoms with Crippen LogP contribution in [0.25, 0.3) is 0 Å². The highest BCUT2D eigenvalue weighted by Crippen LogP contribution is 2.18. The maximum absolute atomic E-state index is 2.32. The highest BCUT2D eigenvalue weighted by Gasteiger charge is 2.05. The molecule has 0 amide bonds. The predicted octanol–water partition coefficient (Wildman–Crippen LogP) is 4.17. The molecule has 0 heteroatoms. The second kappa shape index (κ2) is 5.40. The zero-order valence-corrected chi connectivity index (χ0v) is 8.48. The van der Waals surface area contributed by atoms with Gasteiger partial charge >= 0.3 is 0 Å². The Labute approximate surface area is 71.7 Å². The van der Waals surface area contributed by atoms with E-state index < -0.39 is 0 Å². The lowest BCUT2D eigenvalue weighted by atomic mass is 9.92. The fourth-order valence-corrected chi connectivity index (χ4v) is 0.877. The van der Waals surface area contributed by atoms with Crippen LogP contribution in [0, 0.1) is 5.41 Å². The van der Waals surface area contributed by atoms with E-state index in [0.29, 0.717) is 5.41 Å². The SMILES string of the molecule is CCCC/C=C\CC(C)(C)C. The van der Waals surface area contributed by atoms with Gasteiger partial charge in [0.1, 0.15) is 0 Å². The maximum Gasteiger partial charge on any atom is -0.0302 e. The first-order chi connectivity index (χ1) is 5.06. The number of hydrogen-bond acceptors (Lipinski definition) is 0. The largest absolute Gasteiger partial charge is 0.0885 e. The van der Waals surface area contributed by atoms with Crippen LogP contribution in [0.2, 0.25) is 0 Å². The van der Waals surface area contributed by atoms with Crippen molar-refractivity contribution in [1.29, 1.82) is 0 Å². The molecule has 11 heavy (non-hydrogen) atoms. The summed E-state index contributed by atoms with van der Waals surface area (Å²) >= 11 is 0. The second-order valence-corrected chi connectivity index (χ2v) is 4.38. The average molecular weight is 154 g/mol. The smallest absolute Gasteiger partial charge is 0.0302 e. The van der Waals surface area contributed by atoms with Gasteiger partial charge in [0.2, 0.25) is 0 Å². The molecule has 0 aliphatic rings. The summed E-state index contributed by atoms with van der Waals surface area (Å²) in [4.78, 5) is 0. The minimum absolute atomic E-state index is 0.461. The van der Waals surface area contributed by atoms with Gasteiger partial charge < -0.3 is 0 Å². The molecule has 0 radical (unpaired) electrons. The molecular formula is C11H22. The molecule has 0 aromatic heterocycles. The van der Waals surface area contributed by atoms with Gasteiger partial charge in [0.15, 0.2) is 0 Å². The molecule has 0 spiro atoms. The van der Waals surface area contributed by atoms with Crippen molar-refractivity contribution in [2.75, 3.05) is 0 Å². The lowest BCUT2D eigenvalue weighted by molar-refractivity contribution is 0.420. The molecular weight excluding hydrogens is 132 g/mol. The fraction of sp³-hybridized carbons (Fsp3) is 0.818. The van der Waals surface area contributed by atoms with Crippen molar-refractivity contribution in [3.8, 4) is 0 Å². The zero-order valence-electron chi connectivity index (χ0n) is 8.48. The summed E-state index contributed by atoms with van der Waals surface area (Å²) in [6.07, 6.45) is 9.73. The van der Waals surface area contributed by atoms with E-state index >= 15 is 0 Å². The van der Waals surface area contributed by atoms with E-state index in [2.05, 4.69) is 39.8 Å². The van der Waals surface area contributed by atoms with E-state index in [0.717, 1.165) is 0 Å². The van der Waals surface area contributed by atoms with Crippen molar-refractivity contribution < 1.29 is 0 Å². The first-order valence-corrected chi connectivity index (χ1v) is 4.71. The van der Waals surface area contributed by atoms with Gasteiger partial charge in [-0.15, -0.1) is 0 Å². The van der Waals surface area contributed by atoms with Crippen LogP contribution in [0.1, 0.15) is 53.4 Å². The Hall–Kier alpha value is -0.260. The molecule has 0 N–H and O–H groups in total. The second-order valence-electron chi connectivity index (χ2n) is 4.38. The van der Waals surface area contributed by atoms with Gasteiger partial charge in [0.25, 0.3) is 0 Å². The van der Waals surface area contributed by atoms with Gasteiger partial charge in [-0.1, -0.05) is 52.7 Å². The quantitative estimate of drug-likeness (QED) is 0.421. The molecule has 0 saturated carbocycles. The minimum Gasteiger partial charge on any atom is -0.0885 e. The Morgan fingerprint density at radius 3 is 2.18 bits per heavy atom. The van der Waals surface area contributed by atoms with Crippen LogP contribution in [0.15, 0.2) is 12.2 Å². The van der Waals surface area contributed by atoms with Gasteiger partial charge in [0, 0.05) is 0 Å². The van der Waals surface area contributed by atoms with E-state index in [4.69, 9.17) is 0 Å². The molecule has 0 heterocycles. The number of allylic oxidation sites excluding steroid dienone is 2. The van der Waals surface area contributed by atoms with Crippen molar-refractivity contribution in [2.45, 2.75) is 53.4 Å². The standard InChI is InChI=1S/C11H22/c1-5-6-7-8-9-10-11(2,3)4/h8-9H,5-7,10H2,1-4H3/b9-8-. The van der Waals surface area contributed by atoms with Crippen LogP contribution in [0.4, 0.5) is 0 Å². The first-order valence-electron chi connectivity index (χ1n) is 4.71. The summed E-state index contributed by atoms with van der Waals surface area (Å²) in [7, 11) is 0. The molecule has 0 unspecified atom stereocenters. The topological polar surface area (TPSA) is 0 Å². The van der Waals surface area contributed by atoms with E-state index in [1.165, 1.54) is 25.7 Å². The van der Waals surface area contributed by atoms with Crippen LogP contribution < -0.4 is 0 Å².